The summed E-state index contributed by atoms with van der Waals surface area (Å²) < 4.78 is 0. The van der Waals surface area contributed by atoms with Crippen molar-refractivity contribution >= 4 is 0 Å². The van der Waals surface area contributed by atoms with Crippen molar-refractivity contribution in [1.82, 2.24) is 0 Å². The van der Waals surface area contributed by atoms with E-state index in [0.29, 0.717) is 24.2 Å². The van der Waals surface area contributed by atoms with E-state index in [1.165, 1.54) is 51.4 Å². The molecule has 0 amide bonds. The quantitative estimate of drug-likeness (QED) is 0.528. The van der Waals surface area contributed by atoms with Gasteiger partial charge in [0, 0.05) is 6.42 Å². The fraction of sp³-hybridized carbons (Fsp3) is 0.778. The van der Waals surface area contributed by atoms with Gasteiger partial charge in [-0.3, -0.25) is 0 Å². The first kappa shape index (κ1) is 22.8. The van der Waals surface area contributed by atoms with Crippen LogP contribution in [0.25, 0.3) is 0 Å². The van der Waals surface area contributed by atoms with Crippen LogP contribution in [0.1, 0.15) is 91.9 Å². The Morgan fingerprint density at radius 2 is 1.90 bits per heavy atom. The van der Waals surface area contributed by atoms with Gasteiger partial charge in [-0.2, -0.15) is 0 Å². The van der Waals surface area contributed by atoms with E-state index in [9.17, 15) is 10.2 Å². The minimum atomic E-state index is -0.595. The third-order valence-corrected chi connectivity index (χ3v) is 8.43. The zero-order valence-electron chi connectivity index (χ0n) is 19.3. The molecule has 0 heterocycles. The Morgan fingerprint density at radius 3 is 2.62 bits per heavy atom. The molecule has 164 valence electrons. The Morgan fingerprint density at radius 1 is 1.14 bits per heavy atom. The van der Waals surface area contributed by atoms with Gasteiger partial charge in [-0.25, -0.2) is 0 Å². The highest BCUT2D eigenvalue weighted by Crippen LogP contribution is 2.59. The largest absolute Gasteiger partial charge is 0.393 e. The lowest BCUT2D eigenvalue weighted by Gasteiger charge is -2.44. The molecule has 3 saturated carbocycles. The lowest BCUT2D eigenvalue weighted by Crippen LogP contribution is -2.36. The third kappa shape index (κ3) is 5.07. The predicted molar refractivity (Wildman–Crippen MR) is 123 cm³/mol. The Kier molecular flexibility index (Phi) is 7.49. The molecule has 0 aromatic heterocycles. The molecule has 0 aromatic rings. The average Bonchev–Trinajstić information content (AvgIpc) is 3.00. The second kappa shape index (κ2) is 9.52. The molecule has 0 aromatic carbocycles. The maximum Gasteiger partial charge on any atom is 0.0811 e. The Bertz CT molecular complexity index is 643. The van der Waals surface area contributed by atoms with E-state index in [0.717, 1.165) is 28.9 Å². The highest BCUT2D eigenvalue weighted by Gasteiger charge is 2.50. The molecular formula is C27H44O2. The lowest BCUT2D eigenvalue weighted by molar-refractivity contribution is 0.0861. The molecule has 0 bridgehead atoms. The minimum Gasteiger partial charge on any atom is -0.393 e. The van der Waals surface area contributed by atoms with Crippen LogP contribution in [0.3, 0.4) is 0 Å². The van der Waals surface area contributed by atoms with E-state index >= 15 is 0 Å². The van der Waals surface area contributed by atoms with Crippen LogP contribution in [-0.2, 0) is 0 Å². The van der Waals surface area contributed by atoms with Gasteiger partial charge < -0.3 is 10.2 Å². The zero-order chi connectivity index (χ0) is 21.2. The first-order valence-corrected chi connectivity index (χ1v) is 12.2. The molecular weight excluding hydrogens is 356 g/mol. The maximum atomic E-state index is 10.1. The summed E-state index contributed by atoms with van der Waals surface area (Å²) >= 11 is 0. The van der Waals surface area contributed by atoms with Crippen molar-refractivity contribution in [3.8, 4) is 0 Å². The smallest absolute Gasteiger partial charge is 0.0811 e. The molecule has 0 spiro atoms. The highest BCUT2D eigenvalue weighted by molar-refractivity contribution is 5.38. The number of allylic oxidation sites excluding steroid dienone is 3. The van der Waals surface area contributed by atoms with Gasteiger partial charge in [0.1, 0.15) is 0 Å². The average molecular weight is 401 g/mol. The molecule has 3 aliphatic carbocycles. The van der Waals surface area contributed by atoms with Crippen LogP contribution in [0.4, 0.5) is 0 Å². The van der Waals surface area contributed by atoms with Crippen molar-refractivity contribution in [3.05, 3.63) is 35.5 Å². The maximum absolute atomic E-state index is 10.1. The van der Waals surface area contributed by atoms with Crippen molar-refractivity contribution < 1.29 is 10.2 Å². The molecule has 3 aliphatic rings. The van der Waals surface area contributed by atoms with E-state index in [1.54, 1.807) is 5.57 Å². The molecule has 3 fully saturated rings. The van der Waals surface area contributed by atoms with Crippen molar-refractivity contribution in [3.63, 3.8) is 0 Å². The Balaban J connectivity index is 1.71. The third-order valence-electron chi connectivity index (χ3n) is 8.43. The number of hydrogen-bond acceptors (Lipinski definition) is 2. The first-order chi connectivity index (χ1) is 13.7. The summed E-state index contributed by atoms with van der Waals surface area (Å²) in [6.07, 6.45) is 15.2. The molecule has 2 nitrogen and oxygen atoms in total. The van der Waals surface area contributed by atoms with Crippen molar-refractivity contribution in [1.29, 1.82) is 0 Å². The van der Waals surface area contributed by atoms with Gasteiger partial charge in [0.2, 0.25) is 0 Å². The van der Waals surface area contributed by atoms with E-state index in [-0.39, 0.29) is 0 Å². The van der Waals surface area contributed by atoms with E-state index in [4.69, 9.17) is 0 Å². The lowest BCUT2D eigenvalue weighted by atomic mass is 9.60. The van der Waals surface area contributed by atoms with E-state index < -0.39 is 12.2 Å². The van der Waals surface area contributed by atoms with Gasteiger partial charge in [-0.15, -0.1) is 0 Å². The summed E-state index contributed by atoms with van der Waals surface area (Å²) in [7, 11) is 0. The summed E-state index contributed by atoms with van der Waals surface area (Å²) in [5.74, 6) is 3.20. The molecule has 3 rings (SSSR count). The van der Waals surface area contributed by atoms with Crippen LogP contribution in [0.15, 0.2) is 35.5 Å². The summed E-state index contributed by atoms with van der Waals surface area (Å²) in [5.41, 5.74) is 3.88. The summed E-state index contributed by atoms with van der Waals surface area (Å²) in [4.78, 5) is 0. The number of aliphatic hydroxyl groups excluding tert-OH is 2. The van der Waals surface area contributed by atoms with Gasteiger partial charge in [-0.1, -0.05) is 71.3 Å². The molecule has 0 aliphatic heterocycles. The van der Waals surface area contributed by atoms with Gasteiger partial charge in [-0.05, 0) is 78.8 Å². The van der Waals surface area contributed by atoms with Crippen LogP contribution >= 0.6 is 0 Å². The van der Waals surface area contributed by atoms with Gasteiger partial charge in [0.25, 0.3) is 0 Å². The second-order valence-electron chi connectivity index (χ2n) is 11.0. The van der Waals surface area contributed by atoms with Crippen LogP contribution in [0.5, 0.6) is 0 Å². The van der Waals surface area contributed by atoms with Crippen molar-refractivity contribution in [2.75, 3.05) is 0 Å². The second-order valence-corrected chi connectivity index (χ2v) is 11.0. The summed E-state index contributed by atoms with van der Waals surface area (Å²) in [6.45, 7) is 13.8. The number of rotatable bonds is 6. The van der Waals surface area contributed by atoms with Crippen LogP contribution in [0.2, 0.25) is 0 Å². The molecule has 0 radical (unpaired) electrons. The van der Waals surface area contributed by atoms with Crippen LogP contribution in [0, 0.1) is 29.1 Å². The van der Waals surface area contributed by atoms with Crippen LogP contribution < -0.4 is 0 Å². The fourth-order valence-corrected chi connectivity index (χ4v) is 6.73. The standard InChI is InChI=1S/C27H44O2/c1-18(2)8-6-9-19(3)24-13-14-25-21(10-7-15-27(24,25)5)11-12-22-16-23(28)17-26(29)20(22)4/h11-12,18-19,23-26,28-29H,4,6-10,13-17H2,1-3,5H3/t19?,23?,24?,25?,26?,27-/m1/s1. The topological polar surface area (TPSA) is 40.5 Å². The van der Waals surface area contributed by atoms with Crippen LogP contribution in [-0.4, -0.2) is 22.4 Å². The fourth-order valence-electron chi connectivity index (χ4n) is 6.73. The van der Waals surface area contributed by atoms with Gasteiger partial charge in [0.05, 0.1) is 12.2 Å². The molecule has 5 unspecified atom stereocenters. The normalized spacial score (nSPS) is 39.3. The van der Waals surface area contributed by atoms with E-state index in [2.05, 4.69) is 46.4 Å². The monoisotopic (exact) mass is 400 g/mol. The number of fused-ring (bicyclic) bond motifs is 1. The summed E-state index contributed by atoms with van der Waals surface area (Å²) in [5, 5.41) is 20.2. The zero-order valence-corrected chi connectivity index (χ0v) is 19.3. The molecule has 2 N–H and O–H groups in total. The Hall–Kier alpha value is -0.860. The molecule has 6 atom stereocenters. The first-order valence-electron chi connectivity index (χ1n) is 12.2. The Labute approximate surface area is 179 Å². The molecule has 2 heteroatoms. The predicted octanol–water partition coefficient (Wildman–Crippen LogP) is 6.59. The van der Waals surface area contributed by atoms with Gasteiger partial charge in [0.15, 0.2) is 0 Å². The molecule has 29 heavy (non-hydrogen) atoms. The van der Waals surface area contributed by atoms with Gasteiger partial charge >= 0.3 is 0 Å². The number of aliphatic hydroxyl groups is 2. The van der Waals surface area contributed by atoms with Crippen molar-refractivity contribution in [2.45, 2.75) is 104 Å². The highest BCUT2D eigenvalue weighted by atomic mass is 16.3. The SMILES string of the molecule is C=C1C(=CC=C2CCC[C@@]3(C)C2CCC3C(C)CCCC(C)C)CC(O)CC1O. The van der Waals surface area contributed by atoms with E-state index in [1.807, 2.05) is 0 Å². The number of hydrogen-bond donors (Lipinski definition) is 2. The molecule has 0 saturated heterocycles. The minimum absolute atomic E-state index is 0.420. The van der Waals surface area contributed by atoms with Crippen molar-refractivity contribution in [2.24, 2.45) is 29.1 Å². The summed E-state index contributed by atoms with van der Waals surface area (Å²) in [6, 6.07) is 0.